The second kappa shape index (κ2) is 13.6. The molecular weight excluding hydrogens is 496 g/mol. The van der Waals surface area contributed by atoms with Crippen molar-refractivity contribution in [1.82, 2.24) is 5.43 Å². The Morgan fingerprint density at radius 1 is 0.892 bits per heavy atom. The van der Waals surface area contributed by atoms with Crippen LogP contribution in [0.15, 0.2) is 71.8 Å². The number of aryl methyl sites for hydroxylation is 1. The highest BCUT2D eigenvalue weighted by Gasteiger charge is 2.13. The van der Waals surface area contributed by atoms with Gasteiger partial charge in [0.25, 0.3) is 5.91 Å². The molecule has 192 valence electrons. The molecule has 0 saturated carbocycles. The molecule has 0 spiro atoms. The Bertz CT molecular complexity index is 1300. The van der Waals surface area contributed by atoms with Crippen LogP contribution in [0, 0.1) is 0 Å². The first-order chi connectivity index (χ1) is 17.9. The molecule has 0 fully saturated rings. The predicted octanol–water partition coefficient (Wildman–Crippen LogP) is 4.41. The number of ether oxygens (including phenoxy) is 2. The molecule has 37 heavy (non-hydrogen) atoms. The van der Waals surface area contributed by atoms with Gasteiger partial charge < -0.3 is 20.1 Å². The van der Waals surface area contributed by atoms with Crippen molar-refractivity contribution >= 4 is 46.9 Å². The molecule has 3 rings (SSSR count). The van der Waals surface area contributed by atoms with Gasteiger partial charge in [-0.1, -0.05) is 42.8 Å². The van der Waals surface area contributed by atoms with Gasteiger partial charge in [0.15, 0.2) is 18.1 Å². The van der Waals surface area contributed by atoms with Gasteiger partial charge in [-0.2, -0.15) is 5.10 Å². The molecule has 10 heteroatoms. The number of hydrazone groups is 1. The van der Waals surface area contributed by atoms with Crippen LogP contribution in [0.5, 0.6) is 11.5 Å². The third kappa shape index (κ3) is 8.36. The lowest BCUT2D eigenvalue weighted by molar-refractivity contribution is -0.136. The van der Waals surface area contributed by atoms with Gasteiger partial charge in [0.05, 0.1) is 12.8 Å². The van der Waals surface area contributed by atoms with Gasteiger partial charge in [0, 0.05) is 16.4 Å². The summed E-state index contributed by atoms with van der Waals surface area (Å²) in [5, 5.41) is 9.53. The number of halogens is 1. The molecule has 3 N–H and O–H groups in total. The Morgan fingerprint density at radius 2 is 1.70 bits per heavy atom. The summed E-state index contributed by atoms with van der Waals surface area (Å²) in [6.07, 6.45) is 2.15. The van der Waals surface area contributed by atoms with Crippen LogP contribution in [0.25, 0.3) is 0 Å². The average Bonchev–Trinajstić information content (AvgIpc) is 2.88. The third-order valence-corrected chi connectivity index (χ3v) is 5.20. The van der Waals surface area contributed by atoms with Gasteiger partial charge in [0.2, 0.25) is 0 Å². The van der Waals surface area contributed by atoms with Crippen molar-refractivity contribution in [2.75, 3.05) is 23.8 Å². The Hall–Kier alpha value is -4.37. The quantitative estimate of drug-likeness (QED) is 0.207. The molecule has 0 bridgehead atoms. The van der Waals surface area contributed by atoms with Gasteiger partial charge in [0.1, 0.15) is 0 Å². The largest absolute Gasteiger partial charge is 0.490 e. The van der Waals surface area contributed by atoms with Crippen molar-refractivity contribution in [1.29, 1.82) is 0 Å². The van der Waals surface area contributed by atoms with Crippen molar-refractivity contribution in [3.63, 3.8) is 0 Å². The molecule has 0 aliphatic carbocycles. The highest BCUT2D eigenvalue weighted by atomic mass is 35.5. The maximum Gasteiger partial charge on any atom is 0.329 e. The maximum absolute atomic E-state index is 12.4. The Kier molecular flexibility index (Phi) is 10.0. The summed E-state index contributed by atoms with van der Waals surface area (Å²) in [5.41, 5.74) is 4.91. The zero-order valence-corrected chi connectivity index (χ0v) is 21.2. The second-order valence-corrected chi connectivity index (χ2v) is 8.09. The molecular formula is C27H27ClN4O5. The molecule has 9 nitrogen and oxygen atoms in total. The van der Waals surface area contributed by atoms with E-state index in [0.717, 1.165) is 17.7 Å². The van der Waals surface area contributed by atoms with Crippen LogP contribution in [0.3, 0.4) is 0 Å². The summed E-state index contributed by atoms with van der Waals surface area (Å²) < 4.78 is 11.3. The van der Waals surface area contributed by atoms with E-state index in [1.165, 1.54) is 12.3 Å². The second-order valence-electron chi connectivity index (χ2n) is 7.65. The van der Waals surface area contributed by atoms with Crippen molar-refractivity contribution in [2.45, 2.75) is 20.3 Å². The molecule has 0 aromatic heterocycles. The predicted molar refractivity (Wildman–Crippen MR) is 143 cm³/mol. The Morgan fingerprint density at radius 3 is 2.46 bits per heavy atom. The van der Waals surface area contributed by atoms with Gasteiger partial charge in [-0.15, -0.1) is 0 Å². The average molecular weight is 523 g/mol. The molecule has 0 radical (unpaired) electrons. The fourth-order valence-corrected chi connectivity index (χ4v) is 3.43. The van der Waals surface area contributed by atoms with E-state index < -0.39 is 11.8 Å². The standard InChI is InChI=1S/C27H27ClN4O5/c1-3-19-8-5-6-11-22(19)31-25(33)17-37-23-13-12-18(14-24(23)36-4-2)16-29-32-27(35)26(34)30-21-10-7-9-20(28)15-21/h5-16H,3-4,17H2,1-2H3,(H,30,34)(H,31,33)(H,32,35)/b29-16-. The fourth-order valence-electron chi connectivity index (χ4n) is 3.24. The van der Waals surface area contributed by atoms with E-state index in [9.17, 15) is 14.4 Å². The first-order valence-corrected chi connectivity index (χ1v) is 11.9. The van der Waals surface area contributed by atoms with E-state index in [4.69, 9.17) is 21.1 Å². The van der Waals surface area contributed by atoms with Gasteiger partial charge in [-0.25, -0.2) is 5.43 Å². The van der Waals surface area contributed by atoms with Gasteiger partial charge in [-0.05, 0) is 66.9 Å². The number of amides is 3. The van der Waals surface area contributed by atoms with Crippen LogP contribution < -0.4 is 25.5 Å². The van der Waals surface area contributed by atoms with Crippen LogP contribution in [-0.4, -0.2) is 37.1 Å². The minimum atomic E-state index is -0.947. The fraction of sp³-hybridized carbons (Fsp3) is 0.185. The van der Waals surface area contributed by atoms with Crippen molar-refractivity contribution < 1.29 is 23.9 Å². The van der Waals surface area contributed by atoms with Gasteiger partial charge >= 0.3 is 11.8 Å². The first-order valence-electron chi connectivity index (χ1n) is 11.6. The summed E-state index contributed by atoms with van der Waals surface area (Å²) in [5.74, 6) is -1.36. The minimum Gasteiger partial charge on any atom is -0.490 e. The zero-order chi connectivity index (χ0) is 26.6. The lowest BCUT2D eigenvalue weighted by Crippen LogP contribution is -2.32. The number of nitrogens with zero attached hydrogens (tertiary/aromatic N) is 1. The summed E-state index contributed by atoms with van der Waals surface area (Å²) in [6.45, 7) is 4.00. The van der Waals surface area contributed by atoms with Crippen LogP contribution in [-0.2, 0) is 20.8 Å². The number of nitrogens with one attached hydrogen (secondary N) is 3. The highest BCUT2D eigenvalue weighted by molar-refractivity contribution is 6.39. The number of hydrogen-bond acceptors (Lipinski definition) is 6. The van der Waals surface area contributed by atoms with Crippen LogP contribution in [0.2, 0.25) is 5.02 Å². The number of carbonyl (C=O) groups excluding carboxylic acids is 3. The van der Waals surface area contributed by atoms with E-state index in [1.807, 2.05) is 38.1 Å². The molecule has 0 atom stereocenters. The van der Waals surface area contributed by atoms with E-state index in [1.54, 1.807) is 36.4 Å². The van der Waals surface area contributed by atoms with Crippen molar-refractivity contribution in [2.24, 2.45) is 5.10 Å². The minimum absolute atomic E-state index is 0.205. The van der Waals surface area contributed by atoms with E-state index in [2.05, 4.69) is 21.2 Å². The topological polar surface area (TPSA) is 118 Å². The molecule has 0 heterocycles. The summed E-state index contributed by atoms with van der Waals surface area (Å²) in [6, 6.07) is 18.9. The lowest BCUT2D eigenvalue weighted by Gasteiger charge is -2.13. The molecule has 3 aromatic carbocycles. The van der Waals surface area contributed by atoms with E-state index >= 15 is 0 Å². The maximum atomic E-state index is 12.4. The Labute approximate surface area is 219 Å². The van der Waals surface area contributed by atoms with Crippen LogP contribution >= 0.6 is 11.6 Å². The number of benzene rings is 3. The van der Waals surface area contributed by atoms with Crippen molar-refractivity contribution in [3.8, 4) is 11.5 Å². The summed E-state index contributed by atoms with van der Waals surface area (Å²) >= 11 is 5.87. The number of rotatable bonds is 10. The molecule has 0 saturated heterocycles. The summed E-state index contributed by atoms with van der Waals surface area (Å²) in [4.78, 5) is 36.4. The number of hydrogen-bond donors (Lipinski definition) is 3. The van der Waals surface area contributed by atoms with Crippen molar-refractivity contribution in [3.05, 3.63) is 82.9 Å². The van der Waals surface area contributed by atoms with Gasteiger partial charge in [-0.3, -0.25) is 14.4 Å². The number of anilines is 2. The molecule has 3 aromatic rings. The molecule has 3 amide bonds. The SMILES string of the molecule is CCOc1cc(/C=N\NC(=O)C(=O)Nc2cccc(Cl)c2)ccc1OCC(=O)Nc1ccccc1CC. The monoisotopic (exact) mass is 522 g/mol. The van der Waals surface area contributed by atoms with E-state index in [-0.39, 0.29) is 12.5 Å². The number of para-hydroxylation sites is 1. The normalized spacial score (nSPS) is 10.6. The number of carbonyl (C=O) groups is 3. The summed E-state index contributed by atoms with van der Waals surface area (Å²) in [7, 11) is 0. The smallest absolute Gasteiger partial charge is 0.329 e. The Balaban J connectivity index is 1.57. The van der Waals surface area contributed by atoms with Crippen LogP contribution in [0.1, 0.15) is 25.0 Å². The third-order valence-electron chi connectivity index (χ3n) is 4.97. The molecule has 0 aliphatic rings. The zero-order valence-electron chi connectivity index (χ0n) is 20.4. The molecule has 0 aliphatic heterocycles. The first kappa shape index (κ1) is 27.2. The van der Waals surface area contributed by atoms with Crippen LogP contribution in [0.4, 0.5) is 11.4 Å². The molecule has 0 unspecified atom stereocenters. The van der Waals surface area contributed by atoms with E-state index in [0.29, 0.717) is 34.4 Å². The highest BCUT2D eigenvalue weighted by Crippen LogP contribution is 2.28. The lowest BCUT2D eigenvalue weighted by atomic mass is 10.1.